The van der Waals surface area contributed by atoms with Crippen LogP contribution in [0.2, 0.25) is 0 Å². The van der Waals surface area contributed by atoms with Gasteiger partial charge in [0.2, 0.25) is 0 Å². The van der Waals surface area contributed by atoms with Crippen molar-refractivity contribution in [3.63, 3.8) is 0 Å². The van der Waals surface area contributed by atoms with E-state index in [4.69, 9.17) is 4.74 Å². The molecule has 1 rings (SSSR count). The molecular weight excluding hydrogens is 196 g/mol. The van der Waals surface area contributed by atoms with E-state index in [0.29, 0.717) is 11.3 Å². The van der Waals surface area contributed by atoms with Gasteiger partial charge in [0.1, 0.15) is 0 Å². The third-order valence-corrected chi connectivity index (χ3v) is 3.20. The number of methoxy groups -OCH3 is 1. The number of ether oxygens (including phenoxy) is 1. The molecule has 14 heavy (non-hydrogen) atoms. The van der Waals surface area contributed by atoms with Crippen molar-refractivity contribution in [3.05, 3.63) is 0 Å². The molecule has 82 valence electrons. The smallest absolute Gasteiger partial charge is 0.157 e. The zero-order valence-electron chi connectivity index (χ0n) is 9.25. The van der Waals surface area contributed by atoms with E-state index >= 15 is 0 Å². The van der Waals surface area contributed by atoms with Crippen molar-refractivity contribution in [3.8, 4) is 0 Å². The molecule has 1 aliphatic rings. The molecule has 0 radical (unpaired) electrons. The van der Waals surface area contributed by atoms with Gasteiger partial charge >= 0.3 is 0 Å². The number of nitrogens with zero attached hydrogens (tertiary/aromatic N) is 1. The summed E-state index contributed by atoms with van der Waals surface area (Å²) in [6.07, 6.45) is 2.23. The molecule has 4 heteroatoms. The van der Waals surface area contributed by atoms with Crippen molar-refractivity contribution in [2.45, 2.75) is 38.0 Å². The van der Waals surface area contributed by atoms with Gasteiger partial charge < -0.3 is 10.1 Å². The highest BCUT2D eigenvalue weighted by molar-refractivity contribution is 8.14. The lowest BCUT2D eigenvalue weighted by Crippen LogP contribution is -2.38. The number of thioether (sulfide) groups is 1. The van der Waals surface area contributed by atoms with Crippen LogP contribution in [0.1, 0.15) is 26.7 Å². The molecule has 0 aromatic rings. The van der Waals surface area contributed by atoms with Crippen LogP contribution in [0.4, 0.5) is 0 Å². The summed E-state index contributed by atoms with van der Waals surface area (Å²) in [4.78, 5) is 4.51. The monoisotopic (exact) mass is 216 g/mol. The molecule has 0 amide bonds. The average molecular weight is 216 g/mol. The topological polar surface area (TPSA) is 33.6 Å². The maximum absolute atomic E-state index is 4.98. The molecule has 2 unspecified atom stereocenters. The van der Waals surface area contributed by atoms with Crippen molar-refractivity contribution in [1.82, 2.24) is 5.32 Å². The van der Waals surface area contributed by atoms with Gasteiger partial charge in [-0.2, -0.15) is 0 Å². The normalized spacial score (nSPS) is 30.4. The van der Waals surface area contributed by atoms with Gasteiger partial charge in [0.25, 0.3) is 0 Å². The van der Waals surface area contributed by atoms with E-state index in [0.717, 1.165) is 24.7 Å². The second kappa shape index (κ2) is 6.30. The van der Waals surface area contributed by atoms with Crippen LogP contribution < -0.4 is 5.32 Å². The summed E-state index contributed by atoms with van der Waals surface area (Å²) in [5.74, 6) is 0. The van der Waals surface area contributed by atoms with Gasteiger partial charge in [0, 0.05) is 31.6 Å². The van der Waals surface area contributed by atoms with E-state index in [9.17, 15) is 0 Å². The van der Waals surface area contributed by atoms with Crippen LogP contribution in [0.5, 0.6) is 0 Å². The largest absolute Gasteiger partial charge is 0.385 e. The maximum atomic E-state index is 4.98. The Morgan fingerprint density at radius 1 is 1.57 bits per heavy atom. The quantitative estimate of drug-likeness (QED) is 0.729. The highest BCUT2D eigenvalue weighted by atomic mass is 32.2. The van der Waals surface area contributed by atoms with Gasteiger partial charge in [0.15, 0.2) is 5.17 Å². The Bertz CT molecular complexity index is 185. The lowest BCUT2D eigenvalue weighted by molar-refractivity contribution is 0.197. The van der Waals surface area contributed by atoms with Gasteiger partial charge in [-0.25, -0.2) is 0 Å². The number of aliphatic imine (C=N–C) groups is 1. The van der Waals surface area contributed by atoms with Crippen LogP contribution in [0, 0.1) is 0 Å². The van der Waals surface area contributed by atoms with Gasteiger partial charge in [-0.1, -0.05) is 18.7 Å². The highest BCUT2D eigenvalue weighted by Crippen LogP contribution is 2.22. The summed E-state index contributed by atoms with van der Waals surface area (Å²) in [7, 11) is 1.73. The zero-order valence-corrected chi connectivity index (χ0v) is 10.1. The summed E-state index contributed by atoms with van der Waals surface area (Å²) >= 11 is 1.85. The van der Waals surface area contributed by atoms with Crippen LogP contribution in [-0.2, 0) is 4.74 Å². The van der Waals surface area contributed by atoms with Gasteiger partial charge in [-0.15, -0.1) is 0 Å². The van der Waals surface area contributed by atoms with Crippen LogP contribution in [-0.4, -0.2) is 36.7 Å². The molecule has 0 spiro atoms. The first kappa shape index (κ1) is 11.9. The number of hydrogen-bond acceptors (Lipinski definition) is 3. The highest BCUT2D eigenvalue weighted by Gasteiger charge is 2.19. The van der Waals surface area contributed by atoms with E-state index in [1.165, 1.54) is 6.42 Å². The second-order valence-electron chi connectivity index (χ2n) is 3.74. The number of rotatable bonds is 4. The fourth-order valence-electron chi connectivity index (χ4n) is 1.51. The Labute approximate surface area is 90.7 Å². The molecule has 0 aromatic heterocycles. The van der Waals surface area contributed by atoms with E-state index in [1.54, 1.807) is 7.11 Å². The molecule has 3 nitrogen and oxygen atoms in total. The molecule has 1 fully saturated rings. The van der Waals surface area contributed by atoms with E-state index < -0.39 is 0 Å². The molecule has 1 heterocycles. The van der Waals surface area contributed by atoms with Crippen LogP contribution in [0.3, 0.4) is 0 Å². The number of nitrogens with one attached hydrogen (secondary N) is 1. The van der Waals surface area contributed by atoms with E-state index in [1.807, 2.05) is 11.8 Å². The Hall–Kier alpha value is -0.220. The first-order valence-electron chi connectivity index (χ1n) is 5.19. The third-order valence-electron chi connectivity index (χ3n) is 2.13. The summed E-state index contributed by atoms with van der Waals surface area (Å²) in [6.45, 7) is 6.13. The van der Waals surface area contributed by atoms with Gasteiger partial charge in [0.05, 0.1) is 0 Å². The summed E-state index contributed by atoms with van der Waals surface area (Å²) in [5.41, 5.74) is 0. The van der Waals surface area contributed by atoms with Crippen molar-refractivity contribution in [2.24, 2.45) is 4.99 Å². The van der Waals surface area contributed by atoms with Crippen LogP contribution in [0.15, 0.2) is 4.99 Å². The van der Waals surface area contributed by atoms with Gasteiger partial charge in [-0.05, 0) is 19.8 Å². The standard InChI is InChI=1S/C10H20N2OS/c1-8-7-9(2)14-10(12-8)11-5-4-6-13-3/h8-9H,4-7H2,1-3H3,(H,11,12). The molecule has 0 saturated carbocycles. The van der Waals surface area contributed by atoms with Crippen molar-refractivity contribution in [1.29, 1.82) is 0 Å². The van der Waals surface area contributed by atoms with E-state index in [-0.39, 0.29) is 0 Å². The Morgan fingerprint density at radius 3 is 3.00 bits per heavy atom. The van der Waals surface area contributed by atoms with Crippen molar-refractivity contribution in [2.75, 3.05) is 20.3 Å². The maximum Gasteiger partial charge on any atom is 0.157 e. The molecule has 0 aliphatic carbocycles. The fraction of sp³-hybridized carbons (Fsp3) is 0.900. The second-order valence-corrected chi connectivity index (χ2v) is 5.17. The van der Waals surface area contributed by atoms with E-state index in [2.05, 4.69) is 24.2 Å². The molecule has 0 bridgehead atoms. The van der Waals surface area contributed by atoms with Crippen LogP contribution >= 0.6 is 11.8 Å². The molecule has 1 aliphatic heterocycles. The average Bonchev–Trinajstić information content (AvgIpc) is 2.11. The molecular formula is C10H20N2OS. The summed E-state index contributed by atoms with van der Waals surface area (Å²) in [5, 5.41) is 5.19. The third kappa shape index (κ3) is 4.33. The minimum atomic E-state index is 0.562. The van der Waals surface area contributed by atoms with Crippen molar-refractivity contribution >= 4 is 16.9 Å². The van der Waals surface area contributed by atoms with Crippen LogP contribution in [0.25, 0.3) is 0 Å². The predicted octanol–water partition coefficient (Wildman–Crippen LogP) is 1.88. The first-order valence-corrected chi connectivity index (χ1v) is 6.07. The fourth-order valence-corrected chi connectivity index (χ4v) is 2.71. The number of hydrogen-bond donors (Lipinski definition) is 1. The minimum Gasteiger partial charge on any atom is -0.385 e. The SMILES string of the molecule is COCCCN=C1NC(C)CC(C)S1. The minimum absolute atomic E-state index is 0.562. The predicted molar refractivity (Wildman–Crippen MR) is 63.1 cm³/mol. The first-order chi connectivity index (χ1) is 6.72. The zero-order chi connectivity index (χ0) is 10.4. The molecule has 2 atom stereocenters. The summed E-state index contributed by atoms with van der Waals surface area (Å²) in [6, 6.07) is 0.562. The van der Waals surface area contributed by atoms with Gasteiger partial charge in [-0.3, -0.25) is 4.99 Å². The number of amidine groups is 1. The molecule has 1 N–H and O–H groups in total. The van der Waals surface area contributed by atoms with Crippen molar-refractivity contribution < 1.29 is 4.74 Å². The summed E-state index contributed by atoms with van der Waals surface area (Å²) < 4.78 is 4.98. The Kier molecular flexibility index (Phi) is 5.33. The Balaban J connectivity index is 2.27. The molecule has 0 aromatic carbocycles. The lowest BCUT2D eigenvalue weighted by atomic mass is 10.2. The lowest BCUT2D eigenvalue weighted by Gasteiger charge is -2.26. The molecule has 1 saturated heterocycles. The Morgan fingerprint density at radius 2 is 2.36 bits per heavy atom.